The van der Waals surface area contributed by atoms with E-state index >= 15 is 0 Å². The maximum absolute atomic E-state index is 6.09. The third-order valence-corrected chi connectivity index (χ3v) is 3.45. The molecule has 0 saturated carbocycles. The summed E-state index contributed by atoms with van der Waals surface area (Å²) in [7, 11) is 0. The van der Waals surface area contributed by atoms with Crippen molar-refractivity contribution in [1.82, 2.24) is 0 Å². The number of hydrogen-bond donors (Lipinski definition) is 1. The Morgan fingerprint density at radius 2 is 1.59 bits per heavy atom. The zero-order chi connectivity index (χ0) is 12.6. The van der Waals surface area contributed by atoms with Gasteiger partial charge in [-0.15, -0.1) is 0 Å². The third-order valence-electron chi connectivity index (χ3n) is 2.81. The molecule has 0 spiro atoms. The molecule has 0 radical (unpaired) electrons. The third kappa shape index (κ3) is 2.41. The molecule has 0 saturated heterocycles. The SMILES string of the molecule is Cc1cc(-c2cc(Cl)ccc2N)c(C)cc1Cl. The van der Waals surface area contributed by atoms with Gasteiger partial charge in [0, 0.05) is 21.3 Å². The van der Waals surface area contributed by atoms with E-state index in [1.54, 1.807) is 6.07 Å². The van der Waals surface area contributed by atoms with Crippen molar-refractivity contribution in [1.29, 1.82) is 0 Å². The predicted octanol–water partition coefficient (Wildman–Crippen LogP) is 4.86. The summed E-state index contributed by atoms with van der Waals surface area (Å²) < 4.78 is 0. The fourth-order valence-electron chi connectivity index (χ4n) is 1.83. The molecule has 17 heavy (non-hydrogen) atoms. The molecule has 0 bridgehead atoms. The number of aryl methyl sites for hydroxylation is 2. The van der Waals surface area contributed by atoms with Crippen LogP contribution in [0.1, 0.15) is 11.1 Å². The highest BCUT2D eigenvalue weighted by Gasteiger charge is 2.09. The average molecular weight is 266 g/mol. The van der Waals surface area contributed by atoms with E-state index < -0.39 is 0 Å². The summed E-state index contributed by atoms with van der Waals surface area (Å²) in [5.74, 6) is 0. The van der Waals surface area contributed by atoms with Gasteiger partial charge >= 0.3 is 0 Å². The van der Waals surface area contributed by atoms with Gasteiger partial charge in [-0.2, -0.15) is 0 Å². The molecule has 0 atom stereocenters. The van der Waals surface area contributed by atoms with Crippen LogP contribution in [0.3, 0.4) is 0 Å². The topological polar surface area (TPSA) is 26.0 Å². The number of nitrogens with two attached hydrogens (primary N) is 1. The van der Waals surface area contributed by atoms with Gasteiger partial charge in [-0.3, -0.25) is 0 Å². The Hall–Kier alpha value is -1.18. The molecule has 88 valence electrons. The zero-order valence-corrected chi connectivity index (χ0v) is 11.2. The van der Waals surface area contributed by atoms with Crippen molar-refractivity contribution >= 4 is 28.9 Å². The summed E-state index contributed by atoms with van der Waals surface area (Å²) in [5, 5.41) is 1.45. The molecule has 0 amide bonds. The molecule has 0 aliphatic heterocycles. The minimum Gasteiger partial charge on any atom is -0.398 e. The van der Waals surface area contributed by atoms with Gasteiger partial charge in [0.15, 0.2) is 0 Å². The Kier molecular flexibility index (Phi) is 3.32. The van der Waals surface area contributed by atoms with E-state index in [4.69, 9.17) is 28.9 Å². The minimum absolute atomic E-state index is 0.682. The number of halogens is 2. The van der Waals surface area contributed by atoms with E-state index in [1.807, 2.05) is 38.1 Å². The lowest BCUT2D eigenvalue weighted by molar-refractivity contribution is 1.39. The molecule has 2 N–H and O–H groups in total. The molecule has 0 aromatic heterocycles. The van der Waals surface area contributed by atoms with Gasteiger partial charge < -0.3 is 5.73 Å². The Bertz CT molecular complexity index is 577. The van der Waals surface area contributed by atoms with Crippen LogP contribution in [0, 0.1) is 13.8 Å². The van der Waals surface area contributed by atoms with Crippen molar-refractivity contribution in [3.8, 4) is 11.1 Å². The number of benzene rings is 2. The Balaban J connectivity index is 2.68. The van der Waals surface area contributed by atoms with Crippen LogP contribution in [-0.2, 0) is 0 Å². The first kappa shape index (κ1) is 12.3. The Labute approximate surface area is 111 Å². The van der Waals surface area contributed by atoms with E-state index in [9.17, 15) is 0 Å². The lowest BCUT2D eigenvalue weighted by Gasteiger charge is -2.11. The highest BCUT2D eigenvalue weighted by atomic mass is 35.5. The maximum atomic E-state index is 6.09. The molecule has 0 unspecified atom stereocenters. The molecule has 3 heteroatoms. The monoisotopic (exact) mass is 265 g/mol. The fourth-order valence-corrected chi connectivity index (χ4v) is 2.22. The van der Waals surface area contributed by atoms with Gasteiger partial charge in [-0.1, -0.05) is 23.2 Å². The molecular formula is C14H13Cl2N. The van der Waals surface area contributed by atoms with Gasteiger partial charge in [-0.25, -0.2) is 0 Å². The van der Waals surface area contributed by atoms with E-state index in [2.05, 4.69) is 0 Å². The predicted molar refractivity (Wildman–Crippen MR) is 75.8 cm³/mol. The van der Waals surface area contributed by atoms with E-state index in [1.165, 1.54) is 0 Å². The van der Waals surface area contributed by atoms with Gasteiger partial charge in [0.1, 0.15) is 0 Å². The lowest BCUT2D eigenvalue weighted by Crippen LogP contribution is -1.93. The smallest absolute Gasteiger partial charge is 0.0438 e. The normalized spacial score (nSPS) is 10.6. The second-order valence-corrected chi connectivity index (χ2v) is 4.99. The number of nitrogen functional groups attached to an aromatic ring is 1. The summed E-state index contributed by atoms with van der Waals surface area (Å²) >= 11 is 12.1. The standard InChI is InChI=1S/C14H13Cl2N/c1-8-6-13(16)9(2)5-11(8)12-7-10(15)3-4-14(12)17/h3-7H,17H2,1-2H3. The van der Waals surface area contributed by atoms with Crippen molar-refractivity contribution in [3.63, 3.8) is 0 Å². The molecule has 1 nitrogen and oxygen atoms in total. The summed E-state index contributed by atoms with van der Waals surface area (Å²) in [6.45, 7) is 3.99. The first-order valence-corrected chi connectivity index (χ1v) is 6.07. The molecule has 0 aliphatic carbocycles. The number of hydrogen-bond acceptors (Lipinski definition) is 1. The van der Waals surface area contributed by atoms with Crippen molar-refractivity contribution in [3.05, 3.63) is 51.5 Å². The summed E-state index contributed by atoms with van der Waals surface area (Å²) in [6, 6.07) is 9.48. The quantitative estimate of drug-likeness (QED) is 0.733. The van der Waals surface area contributed by atoms with Crippen LogP contribution in [0.5, 0.6) is 0 Å². The average Bonchev–Trinajstić information content (AvgIpc) is 2.27. The van der Waals surface area contributed by atoms with Crippen LogP contribution in [0.25, 0.3) is 11.1 Å². The molecule has 0 aliphatic rings. The zero-order valence-electron chi connectivity index (χ0n) is 9.72. The number of anilines is 1. The van der Waals surface area contributed by atoms with Gasteiger partial charge in [0.25, 0.3) is 0 Å². The second-order valence-electron chi connectivity index (χ2n) is 4.15. The van der Waals surface area contributed by atoms with Crippen molar-refractivity contribution < 1.29 is 0 Å². The molecule has 0 heterocycles. The van der Waals surface area contributed by atoms with Crippen LogP contribution in [0.15, 0.2) is 30.3 Å². The van der Waals surface area contributed by atoms with Gasteiger partial charge in [0.05, 0.1) is 0 Å². The molecule has 2 rings (SSSR count). The summed E-state index contributed by atoms with van der Waals surface area (Å²) in [4.78, 5) is 0. The fraction of sp³-hybridized carbons (Fsp3) is 0.143. The molecule has 2 aromatic rings. The van der Waals surface area contributed by atoms with Gasteiger partial charge in [0.2, 0.25) is 0 Å². The number of rotatable bonds is 1. The van der Waals surface area contributed by atoms with Crippen LogP contribution in [0.2, 0.25) is 10.0 Å². The highest BCUT2D eigenvalue weighted by Crippen LogP contribution is 2.33. The maximum Gasteiger partial charge on any atom is 0.0438 e. The van der Waals surface area contributed by atoms with Crippen molar-refractivity contribution in [2.24, 2.45) is 0 Å². The molecular weight excluding hydrogens is 253 g/mol. The van der Waals surface area contributed by atoms with Crippen molar-refractivity contribution in [2.75, 3.05) is 5.73 Å². The Morgan fingerprint density at radius 1 is 0.882 bits per heavy atom. The second kappa shape index (κ2) is 4.59. The minimum atomic E-state index is 0.682. The summed E-state index contributed by atoms with van der Waals surface area (Å²) in [5.41, 5.74) is 10.9. The Morgan fingerprint density at radius 3 is 2.29 bits per heavy atom. The van der Waals surface area contributed by atoms with Crippen LogP contribution in [-0.4, -0.2) is 0 Å². The van der Waals surface area contributed by atoms with E-state index in [0.29, 0.717) is 5.02 Å². The highest BCUT2D eigenvalue weighted by molar-refractivity contribution is 6.32. The van der Waals surface area contributed by atoms with E-state index in [-0.39, 0.29) is 0 Å². The molecule has 2 aromatic carbocycles. The van der Waals surface area contributed by atoms with Crippen LogP contribution in [0.4, 0.5) is 5.69 Å². The van der Waals surface area contributed by atoms with Crippen molar-refractivity contribution in [2.45, 2.75) is 13.8 Å². The van der Waals surface area contributed by atoms with Crippen LogP contribution >= 0.6 is 23.2 Å². The van der Waals surface area contributed by atoms with E-state index in [0.717, 1.165) is 33.0 Å². The first-order valence-electron chi connectivity index (χ1n) is 5.31. The lowest BCUT2D eigenvalue weighted by atomic mass is 9.97. The van der Waals surface area contributed by atoms with Crippen LogP contribution < -0.4 is 5.73 Å². The largest absolute Gasteiger partial charge is 0.398 e. The molecule has 0 fully saturated rings. The van der Waals surface area contributed by atoms with Gasteiger partial charge in [-0.05, 0) is 60.9 Å². The summed E-state index contributed by atoms with van der Waals surface area (Å²) in [6.07, 6.45) is 0. The first-order chi connectivity index (χ1) is 7.99.